The number of sulfonamides is 1. The van der Waals surface area contributed by atoms with E-state index in [0.717, 1.165) is 75.5 Å². The molecule has 1 amide bonds. The first-order chi connectivity index (χ1) is 26.4. The number of nitrogens with one attached hydrogen (secondary N) is 1. The Morgan fingerprint density at radius 1 is 1.07 bits per heavy atom. The molecule has 2 aromatic carbocycles. The summed E-state index contributed by atoms with van der Waals surface area (Å²) in [5, 5.41) is 9.87. The van der Waals surface area contributed by atoms with Gasteiger partial charge in [-0.2, -0.15) is 5.26 Å². The van der Waals surface area contributed by atoms with Gasteiger partial charge in [-0.25, -0.2) is 13.1 Å². The van der Waals surface area contributed by atoms with Crippen LogP contribution in [0.5, 0.6) is 5.75 Å². The van der Waals surface area contributed by atoms with Gasteiger partial charge in [-0.1, -0.05) is 36.7 Å². The van der Waals surface area contributed by atoms with Gasteiger partial charge in [0.05, 0.1) is 36.8 Å². The number of hydrogen-bond donors (Lipinski definition) is 1. The molecule has 2 aliphatic carbocycles. The first-order valence-corrected chi connectivity index (χ1v) is 21.9. The fourth-order valence-electron chi connectivity index (χ4n) is 10.1. The quantitative estimate of drug-likeness (QED) is 0.415. The van der Waals surface area contributed by atoms with Crippen LogP contribution in [0.3, 0.4) is 0 Å². The Bertz CT molecular complexity index is 1980. The number of nitrogens with zero attached hydrogens (tertiary/aromatic N) is 4. The van der Waals surface area contributed by atoms with Gasteiger partial charge < -0.3 is 19.1 Å². The number of hydrogen-bond acceptors (Lipinski definition) is 10. The molecule has 11 nitrogen and oxygen atoms in total. The molecule has 3 fully saturated rings. The normalized spacial score (nSPS) is 34.0. The maximum Gasteiger partial charge on any atom is 0.264 e. The monoisotopic (exact) mass is 791 g/mol. The second-order valence-electron chi connectivity index (χ2n) is 17.1. The Hall–Kier alpha value is -3.18. The molecule has 2 aromatic rings. The first kappa shape index (κ1) is 38.7. The summed E-state index contributed by atoms with van der Waals surface area (Å²) in [7, 11) is -2.17. The van der Waals surface area contributed by atoms with Crippen LogP contribution in [0.15, 0.2) is 48.6 Å². The van der Waals surface area contributed by atoms with E-state index in [2.05, 4.69) is 49.8 Å². The highest BCUT2D eigenvalue weighted by Gasteiger charge is 2.51. The Kier molecular flexibility index (Phi) is 10.5. The van der Waals surface area contributed by atoms with E-state index in [9.17, 15) is 18.5 Å². The van der Waals surface area contributed by atoms with Crippen molar-refractivity contribution in [2.75, 3.05) is 77.6 Å². The van der Waals surface area contributed by atoms with E-state index in [1.807, 2.05) is 32.2 Å². The van der Waals surface area contributed by atoms with Crippen LogP contribution in [0.1, 0.15) is 67.4 Å². The summed E-state index contributed by atoms with van der Waals surface area (Å²) in [6.07, 6.45) is 9.83. The minimum Gasteiger partial charge on any atom is -0.490 e. The molecule has 296 valence electrons. The number of carbonyl (C=O) groups excluding carboxylic acids is 1. The average molecular weight is 792 g/mol. The average Bonchev–Trinajstić information content (AvgIpc) is 3.29. The maximum absolute atomic E-state index is 13.7. The van der Waals surface area contributed by atoms with Gasteiger partial charge in [-0.3, -0.25) is 14.6 Å². The Morgan fingerprint density at radius 2 is 1.87 bits per heavy atom. The second-order valence-corrected chi connectivity index (χ2v) is 19.6. The number of piperazine rings is 1. The van der Waals surface area contributed by atoms with Crippen LogP contribution in [0.2, 0.25) is 5.02 Å². The van der Waals surface area contributed by atoms with Crippen molar-refractivity contribution in [3.05, 3.63) is 70.3 Å². The fourth-order valence-corrected chi connectivity index (χ4v) is 11.6. The number of methoxy groups -OCH3 is 1. The third kappa shape index (κ3) is 7.08. The maximum atomic E-state index is 13.7. The van der Waals surface area contributed by atoms with Gasteiger partial charge in [0.1, 0.15) is 11.4 Å². The molecule has 55 heavy (non-hydrogen) atoms. The van der Waals surface area contributed by atoms with Crippen molar-refractivity contribution in [2.45, 2.75) is 74.2 Å². The summed E-state index contributed by atoms with van der Waals surface area (Å²) >= 11 is 6.51. The van der Waals surface area contributed by atoms with E-state index in [1.165, 1.54) is 11.1 Å². The number of aryl methyl sites for hydroxylation is 1. The van der Waals surface area contributed by atoms with E-state index < -0.39 is 32.3 Å². The van der Waals surface area contributed by atoms with E-state index >= 15 is 0 Å². The zero-order valence-electron chi connectivity index (χ0n) is 32.3. The SMILES string of the molecule is CO[C@@]1(CN2CCN(C3(C#N)COC3)CC2)/C=C/C[C@H](C)[C@@H](C)S(=O)(=O)NC(=O)c2ccc3c(c2)N(C[C@@H]2CC[C@H]21)C[C@@]1(CCCc2cc(Cl)ccc21)CO3. The van der Waals surface area contributed by atoms with Crippen LogP contribution in [-0.4, -0.2) is 113 Å². The van der Waals surface area contributed by atoms with Gasteiger partial charge >= 0.3 is 0 Å². The number of anilines is 1. The highest BCUT2D eigenvalue weighted by molar-refractivity contribution is 7.90. The van der Waals surface area contributed by atoms with Crippen molar-refractivity contribution in [1.29, 1.82) is 5.26 Å². The largest absolute Gasteiger partial charge is 0.490 e. The highest BCUT2D eigenvalue weighted by atomic mass is 35.5. The van der Waals surface area contributed by atoms with E-state index in [4.69, 9.17) is 25.8 Å². The molecule has 2 bridgehead atoms. The Labute approximate surface area is 331 Å². The van der Waals surface area contributed by atoms with E-state index in [-0.39, 0.29) is 22.8 Å². The summed E-state index contributed by atoms with van der Waals surface area (Å²) in [4.78, 5) is 20.8. The number of allylic oxidation sites excluding steroid dienone is 1. The van der Waals surface area contributed by atoms with Gasteiger partial charge in [0, 0.05) is 68.9 Å². The lowest BCUT2D eigenvalue weighted by molar-refractivity contribution is -0.129. The van der Waals surface area contributed by atoms with Gasteiger partial charge in [0.25, 0.3) is 5.91 Å². The van der Waals surface area contributed by atoms with Crippen molar-refractivity contribution in [3.63, 3.8) is 0 Å². The third-order valence-electron chi connectivity index (χ3n) is 14.0. The number of ether oxygens (including phenoxy) is 3. The zero-order chi connectivity index (χ0) is 38.6. The van der Waals surface area contributed by atoms with Gasteiger partial charge in [0.15, 0.2) is 5.54 Å². The predicted octanol–water partition coefficient (Wildman–Crippen LogP) is 5.18. The molecule has 8 rings (SSSR count). The molecule has 4 aliphatic heterocycles. The number of nitriles is 1. The first-order valence-electron chi connectivity index (χ1n) is 20.0. The number of halogens is 1. The van der Waals surface area contributed by atoms with Gasteiger partial charge in [-0.05, 0) is 105 Å². The molecule has 4 heterocycles. The van der Waals surface area contributed by atoms with Crippen molar-refractivity contribution in [3.8, 4) is 11.8 Å². The molecule has 0 radical (unpaired) electrons. The lowest BCUT2D eigenvalue weighted by atomic mass is 9.63. The smallest absolute Gasteiger partial charge is 0.264 e. The summed E-state index contributed by atoms with van der Waals surface area (Å²) in [6, 6.07) is 14.1. The standard InChI is InChI=1S/C42H54ClN5O6S/c1-29-6-4-15-42(52-3,25-46-16-18-48(19-17-46)41(23-44)27-53-28-41)36-11-8-33(36)22-47-24-40(14-5-7-31-20-34(43)10-12-35(31)40)26-54-38-13-9-32(21-37(38)47)39(49)45-55(50,51)30(29)2/h4,9-10,12-13,15,20-21,29-30,33,36H,5-8,11,14,16-19,22,24-28H2,1-3H3,(H,45,49)/b15-4+/t29-,30+,33-,36+,40-,42+/m0/s1. The Balaban J connectivity index is 1.16. The fraction of sp³-hybridized carbons (Fsp3) is 0.619. The van der Waals surface area contributed by atoms with Crippen molar-refractivity contribution < 1.29 is 27.4 Å². The number of rotatable bonds is 4. The molecule has 0 unspecified atom stereocenters. The van der Waals surface area contributed by atoms with Crippen LogP contribution < -0.4 is 14.4 Å². The summed E-state index contributed by atoms with van der Waals surface area (Å²) in [5.41, 5.74) is 2.20. The van der Waals surface area contributed by atoms with Crippen molar-refractivity contribution >= 4 is 33.2 Å². The molecular formula is C42H54ClN5O6S. The minimum atomic E-state index is -3.98. The number of benzene rings is 2. The van der Waals surface area contributed by atoms with Crippen LogP contribution in [0, 0.1) is 29.1 Å². The van der Waals surface area contributed by atoms with Crippen molar-refractivity contribution in [1.82, 2.24) is 14.5 Å². The predicted molar refractivity (Wildman–Crippen MR) is 212 cm³/mol. The molecule has 6 aliphatic rings. The van der Waals surface area contributed by atoms with E-state index in [1.54, 1.807) is 13.0 Å². The third-order valence-corrected chi connectivity index (χ3v) is 16.1. The molecule has 6 atom stereocenters. The van der Waals surface area contributed by atoms with Crippen LogP contribution in [0.4, 0.5) is 5.69 Å². The van der Waals surface area contributed by atoms with Crippen LogP contribution >= 0.6 is 11.6 Å². The van der Waals surface area contributed by atoms with Gasteiger partial charge in [0.2, 0.25) is 10.0 Å². The highest BCUT2D eigenvalue weighted by Crippen LogP contribution is 2.49. The minimum absolute atomic E-state index is 0.203. The lowest BCUT2D eigenvalue weighted by Crippen LogP contribution is -2.66. The zero-order valence-corrected chi connectivity index (χ0v) is 33.8. The Morgan fingerprint density at radius 3 is 2.56 bits per heavy atom. The molecular weight excluding hydrogens is 738 g/mol. The van der Waals surface area contributed by atoms with Gasteiger partial charge in [-0.15, -0.1) is 0 Å². The molecule has 2 saturated heterocycles. The summed E-state index contributed by atoms with van der Waals surface area (Å²) in [6.45, 7) is 10.3. The topological polar surface area (TPSA) is 124 Å². The molecule has 1 spiro atoms. The van der Waals surface area contributed by atoms with Crippen molar-refractivity contribution in [2.24, 2.45) is 17.8 Å². The molecule has 1 saturated carbocycles. The number of amides is 1. The number of carbonyl (C=O) groups is 1. The summed E-state index contributed by atoms with van der Waals surface area (Å²) in [5.74, 6) is 0.301. The molecule has 1 N–H and O–H groups in total. The van der Waals surface area contributed by atoms with E-state index in [0.29, 0.717) is 51.0 Å². The second kappa shape index (κ2) is 15.0. The lowest BCUT2D eigenvalue weighted by Gasteiger charge is -2.53. The number of fused-ring (bicyclic) bond motifs is 4. The molecule has 13 heteroatoms. The van der Waals surface area contributed by atoms with Crippen LogP contribution in [-0.2, 0) is 31.3 Å². The van der Waals surface area contributed by atoms with Crippen LogP contribution in [0.25, 0.3) is 0 Å². The molecule has 0 aromatic heterocycles. The summed E-state index contributed by atoms with van der Waals surface area (Å²) < 4.78 is 48.5.